The lowest BCUT2D eigenvalue weighted by Gasteiger charge is -2.12. The average molecular weight is 460 g/mol. The van der Waals surface area contributed by atoms with Gasteiger partial charge in [0.1, 0.15) is 34.4 Å². The molecule has 34 heavy (non-hydrogen) atoms. The van der Waals surface area contributed by atoms with Gasteiger partial charge in [-0.15, -0.1) is 0 Å². The summed E-state index contributed by atoms with van der Waals surface area (Å²) >= 11 is 0. The topological polar surface area (TPSA) is 115 Å². The van der Waals surface area contributed by atoms with Crippen LogP contribution in [0.3, 0.4) is 0 Å². The maximum atomic E-state index is 13.4. The number of nitriles is 1. The van der Waals surface area contributed by atoms with Crippen LogP contribution in [-0.2, 0) is 9.53 Å². The highest BCUT2D eigenvalue weighted by atomic mass is 16.5. The van der Waals surface area contributed by atoms with E-state index in [0.717, 1.165) is 18.4 Å². The Bertz CT molecular complexity index is 1330. The number of carbonyl (C=O) groups is 1. The maximum absolute atomic E-state index is 13.4. The number of amides is 1. The monoisotopic (exact) mass is 460 g/mol. The summed E-state index contributed by atoms with van der Waals surface area (Å²) in [5, 5.41) is 12.3. The Kier molecular flexibility index (Phi) is 6.90. The number of methoxy groups -OCH3 is 1. The van der Waals surface area contributed by atoms with Crippen molar-refractivity contribution in [2.24, 2.45) is 0 Å². The molecule has 0 radical (unpaired) electrons. The summed E-state index contributed by atoms with van der Waals surface area (Å²) < 4.78 is 18.0. The molecule has 3 aromatic rings. The van der Waals surface area contributed by atoms with Crippen LogP contribution in [0.25, 0.3) is 11.7 Å². The van der Waals surface area contributed by atoms with Crippen molar-refractivity contribution in [3.8, 4) is 23.4 Å². The summed E-state index contributed by atoms with van der Waals surface area (Å²) in [6.45, 7) is 2.78. The van der Waals surface area contributed by atoms with Gasteiger partial charge in [-0.1, -0.05) is 6.07 Å². The second-order valence-electron chi connectivity index (χ2n) is 7.81. The van der Waals surface area contributed by atoms with Crippen LogP contribution in [0.5, 0.6) is 17.4 Å². The largest absolute Gasteiger partial charge is 0.497 e. The van der Waals surface area contributed by atoms with Gasteiger partial charge >= 0.3 is 0 Å². The number of aromatic nitrogens is 2. The van der Waals surface area contributed by atoms with Crippen LogP contribution < -0.4 is 20.3 Å². The van der Waals surface area contributed by atoms with E-state index in [-0.39, 0.29) is 23.1 Å². The average Bonchev–Trinajstić information content (AvgIpc) is 3.37. The van der Waals surface area contributed by atoms with Crippen molar-refractivity contribution < 1.29 is 19.0 Å². The number of rotatable bonds is 7. The molecule has 1 aliphatic rings. The first-order chi connectivity index (χ1) is 16.5. The number of nitrogens with one attached hydrogen (secondary N) is 1. The summed E-state index contributed by atoms with van der Waals surface area (Å²) in [4.78, 5) is 30.5. The Hall–Kier alpha value is -4.16. The van der Waals surface area contributed by atoms with Gasteiger partial charge in [-0.05, 0) is 61.7 Å². The smallest absolute Gasteiger partial charge is 0.269 e. The molecular formula is C25H24N4O5. The van der Waals surface area contributed by atoms with E-state index >= 15 is 0 Å². The molecule has 1 unspecified atom stereocenters. The Morgan fingerprint density at radius 1 is 1.32 bits per heavy atom. The van der Waals surface area contributed by atoms with Crippen molar-refractivity contribution in [2.75, 3.05) is 20.3 Å². The van der Waals surface area contributed by atoms with E-state index in [1.54, 1.807) is 43.6 Å². The summed E-state index contributed by atoms with van der Waals surface area (Å²) in [6.07, 6.45) is 4.51. The van der Waals surface area contributed by atoms with Crippen molar-refractivity contribution in [2.45, 2.75) is 25.9 Å². The third kappa shape index (κ3) is 4.92. The quantitative estimate of drug-likeness (QED) is 0.426. The number of pyridine rings is 1. The highest BCUT2D eigenvalue weighted by Crippen LogP contribution is 2.26. The summed E-state index contributed by atoms with van der Waals surface area (Å²) in [5.41, 5.74) is 0.475. The second-order valence-corrected chi connectivity index (χ2v) is 7.81. The van der Waals surface area contributed by atoms with Gasteiger partial charge in [0.25, 0.3) is 11.5 Å². The number of hydrogen-bond acceptors (Lipinski definition) is 7. The SMILES string of the molecule is COc1ccc(Oc2nc3c(C)cccn3c(=O)c2/C=C(\C#N)C(=O)NCC2CCCO2)cc1. The molecule has 4 rings (SSSR count). The molecule has 1 amide bonds. The third-order valence-electron chi connectivity index (χ3n) is 5.49. The van der Waals surface area contributed by atoms with Gasteiger partial charge in [-0.3, -0.25) is 14.0 Å². The highest BCUT2D eigenvalue weighted by molar-refractivity contribution is 6.01. The van der Waals surface area contributed by atoms with Gasteiger partial charge in [-0.25, -0.2) is 0 Å². The van der Waals surface area contributed by atoms with E-state index in [2.05, 4.69) is 10.3 Å². The Balaban J connectivity index is 1.74. The molecule has 174 valence electrons. The number of carbonyl (C=O) groups excluding carboxylic acids is 1. The van der Waals surface area contributed by atoms with Gasteiger partial charge in [0.05, 0.1) is 13.2 Å². The standard InChI is InChI=1S/C25H24N4O5/c1-16-5-3-11-29-22(16)28-24(34-19-9-7-18(32-2)8-10-19)21(25(29)31)13-17(14-26)23(30)27-15-20-6-4-12-33-20/h3,5,7-11,13,20H,4,6,12,15H2,1-2H3,(H,27,30)/b17-13+. The molecule has 0 saturated carbocycles. The summed E-state index contributed by atoms with van der Waals surface area (Å²) in [5.74, 6) is 0.456. The van der Waals surface area contributed by atoms with Crippen LogP contribution in [0.1, 0.15) is 24.0 Å². The van der Waals surface area contributed by atoms with Crippen molar-refractivity contribution in [3.63, 3.8) is 0 Å². The van der Waals surface area contributed by atoms with Crippen LogP contribution in [0.15, 0.2) is 53.0 Å². The Morgan fingerprint density at radius 3 is 2.76 bits per heavy atom. The molecule has 0 aliphatic carbocycles. The number of aryl methyl sites for hydroxylation is 1. The fraction of sp³-hybridized carbons (Fsp3) is 0.280. The lowest BCUT2D eigenvalue weighted by atomic mass is 10.1. The van der Waals surface area contributed by atoms with Crippen LogP contribution >= 0.6 is 0 Å². The maximum Gasteiger partial charge on any atom is 0.269 e. The van der Waals surface area contributed by atoms with Gasteiger partial charge in [0, 0.05) is 19.3 Å². The number of hydrogen-bond donors (Lipinski definition) is 1. The zero-order valence-corrected chi connectivity index (χ0v) is 18.9. The summed E-state index contributed by atoms with van der Waals surface area (Å²) in [7, 11) is 1.56. The van der Waals surface area contributed by atoms with E-state index in [1.165, 1.54) is 10.5 Å². The van der Waals surface area contributed by atoms with Gasteiger partial charge in [-0.2, -0.15) is 10.2 Å². The molecule has 0 bridgehead atoms. The molecule has 1 aliphatic heterocycles. The lowest BCUT2D eigenvalue weighted by Crippen LogP contribution is -2.32. The molecule has 1 N–H and O–H groups in total. The minimum absolute atomic E-state index is 0.0101. The van der Waals surface area contributed by atoms with Crippen molar-refractivity contribution in [1.29, 1.82) is 5.26 Å². The third-order valence-corrected chi connectivity index (χ3v) is 5.49. The van der Waals surface area contributed by atoms with E-state index in [0.29, 0.717) is 30.3 Å². The molecule has 9 nitrogen and oxygen atoms in total. The van der Waals surface area contributed by atoms with Crippen molar-refractivity contribution >= 4 is 17.6 Å². The van der Waals surface area contributed by atoms with Crippen molar-refractivity contribution in [3.05, 3.63) is 69.6 Å². The number of ether oxygens (including phenoxy) is 3. The second kappa shape index (κ2) is 10.2. The fourth-order valence-corrected chi connectivity index (χ4v) is 3.65. The molecule has 9 heteroatoms. The Morgan fingerprint density at radius 2 is 2.09 bits per heavy atom. The zero-order valence-electron chi connectivity index (χ0n) is 18.9. The molecule has 1 fully saturated rings. The highest BCUT2D eigenvalue weighted by Gasteiger charge is 2.20. The first-order valence-electron chi connectivity index (χ1n) is 10.9. The van der Waals surface area contributed by atoms with Gasteiger partial charge in [0.2, 0.25) is 5.88 Å². The lowest BCUT2D eigenvalue weighted by molar-refractivity contribution is -0.117. The van der Waals surface area contributed by atoms with E-state index in [4.69, 9.17) is 14.2 Å². The molecule has 3 heterocycles. The first-order valence-corrected chi connectivity index (χ1v) is 10.9. The minimum atomic E-state index is -0.595. The van der Waals surface area contributed by atoms with Crippen molar-refractivity contribution in [1.82, 2.24) is 14.7 Å². The zero-order chi connectivity index (χ0) is 24.1. The van der Waals surface area contributed by atoms with Gasteiger partial charge in [0.15, 0.2) is 0 Å². The normalized spacial score (nSPS) is 15.7. The van der Waals surface area contributed by atoms with E-state index in [1.807, 2.05) is 19.1 Å². The van der Waals surface area contributed by atoms with E-state index in [9.17, 15) is 14.9 Å². The number of benzene rings is 1. The van der Waals surface area contributed by atoms with E-state index < -0.39 is 11.5 Å². The predicted octanol–water partition coefficient (Wildman–Crippen LogP) is 3.01. The first kappa shape index (κ1) is 23.0. The Labute approximate surface area is 196 Å². The fourth-order valence-electron chi connectivity index (χ4n) is 3.65. The van der Waals surface area contributed by atoms with Crippen LogP contribution in [-0.4, -0.2) is 41.7 Å². The molecule has 1 atom stereocenters. The number of nitrogens with zero attached hydrogens (tertiary/aromatic N) is 3. The summed E-state index contributed by atoms with van der Waals surface area (Å²) in [6, 6.07) is 12.2. The molecule has 2 aromatic heterocycles. The van der Waals surface area contributed by atoms with Crippen LogP contribution in [0.4, 0.5) is 0 Å². The minimum Gasteiger partial charge on any atom is -0.497 e. The van der Waals surface area contributed by atoms with Crippen LogP contribution in [0.2, 0.25) is 0 Å². The van der Waals surface area contributed by atoms with Gasteiger partial charge < -0.3 is 19.5 Å². The van der Waals surface area contributed by atoms with Crippen LogP contribution in [0, 0.1) is 18.3 Å². The molecule has 0 spiro atoms. The molecular weight excluding hydrogens is 436 g/mol. The molecule has 1 aromatic carbocycles. The predicted molar refractivity (Wildman–Crippen MR) is 125 cm³/mol. The molecule has 1 saturated heterocycles. The number of fused-ring (bicyclic) bond motifs is 1.